The summed E-state index contributed by atoms with van der Waals surface area (Å²) < 4.78 is 0. The van der Waals surface area contributed by atoms with Crippen LogP contribution in [0.15, 0.2) is 35.2 Å². The van der Waals surface area contributed by atoms with Crippen molar-refractivity contribution in [2.75, 3.05) is 12.4 Å². The Bertz CT molecular complexity index is 520. The molecule has 1 fully saturated rings. The molecule has 1 N–H and O–H groups in total. The van der Waals surface area contributed by atoms with Gasteiger partial charge in [0.05, 0.1) is 0 Å². The first-order valence-corrected chi connectivity index (χ1v) is 7.68. The molecule has 0 amide bonds. The predicted molar refractivity (Wildman–Crippen MR) is 80.4 cm³/mol. The lowest BCUT2D eigenvalue weighted by molar-refractivity contribution is 0.246. The second kappa shape index (κ2) is 5.72. The van der Waals surface area contributed by atoms with Gasteiger partial charge in [-0.1, -0.05) is 6.07 Å². The molecule has 0 aromatic carbocycles. The molecule has 1 aliphatic rings. The first-order chi connectivity index (χ1) is 9.36. The Balaban J connectivity index is 1.74. The van der Waals surface area contributed by atoms with E-state index in [2.05, 4.69) is 38.1 Å². The molecule has 3 rings (SSSR count). The Kier molecular flexibility index (Phi) is 3.80. The summed E-state index contributed by atoms with van der Waals surface area (Å²) in [5, 5.41) is 7.59. The molecule has 0 aliphatic heterocycles. The molecule has 0 radical (unpaired) electrons. The van der Waals surface area contributed by atoms with Crippen LogP contribution in [-0.4, -0.2) is 23.0 Å². The van der Waals surface area contributed by atoms with Crippen molar-refractivity contribution in [3.05, 3.63) is 46.3 Å². The van der Waals surface area contributed by atoms with Gasteiger partial charge < -0.3 is 5.32 Å². The molecule has 2 aromatic rings. The number of thiophene rings is 1. The lowest BCUT2D eigenvalue weighted by Crippen LogP contribution is -2.25. The molecular formula is C15H19N3S. The maximum atomic E-state index is 4.39. The second-order valence-electron chi connectivity index (χ2n) is 5.03. The molecule has 0 saturated heterocycles. The van der Waals surface area contributed by atoms with Crippen LogP contribution in [0.2, 0.25) is 0 Å². The zero-order valence-electron chi connectivity index (χ0n) is 11.2. The number of anilines is 1. The summed E-state index contributed by atoms with van der Waals surface area (Å²) in [4.78, 5) is 6.96. The summed E-state index contributed by atoms with van der Waals surface area (Å²) >= 11 is 1.78. The van der Waals surface area contributed by atoms with E-state index in [1.54, 1.807) is 11.3 Å². The Morgan fingerprint density at radius 2 is 2.26 bits per heavy atom. The van der Waals surface area contributed by atoms with Crippen molar-refractivity contribution in [2.24, 2.45) is 0 Å². The minimum Gasteiger partial charge on any atom is -0.373 e. The van der Waals surface area contributed by atoms with Gasteiger partial charge in [0.25, 0.3) is 0 Å². The highest BCUT2D eigenvalue weighted by Crippen LogP contribution is 2.31. The Hall–Kier alpha value is -1.39. The molecule has 2 heterocycles. The summed E-state index contributed by atoms with van der Waals surface area (Å²) in [7, 11) is 1.94. The Labute approximate surface area is 118 Å². The fraction of sp³-hybridized carbons (Fsp3) is 0.400. The van der Waals surface area contributed by atoms with Crippen molar-refractivity contribution >= 4 is 17.2 Å². The number of rotatable bonds is 6. The Morgan fingerprint density at radius 1 is 1.37 bits per heavy atom. The van der Waals surface area contributed by atoms with Crippen LogP contribution in [0, 0.1) is 0 Å². The molecular weight excluding hydrogens is 254 g/mol. The molecule has 1 saturated carbocycles. The van der Waals surface area contributed by atoms with E-state index in [4.69, 9.17) is 0 Å². The van der Waals surface area contributed by atoms with Crippen molar-refractivity contribution < 1.29 is 0 Å². The van der Waals surface area contributed by atoms with Gasteiger partial charge in [0.15, 0.2) is 0 Å². The fourth-order valence-electron chi connectivity index (χ4n) is 2.38. The van der Waals surface area contributed by atoms with Gasteiger partial charge in [0.2, 0.25) is 0 Å². The lowest BCUT2D eigenvalue weighted by Gasteiger charge is -2.22. The summed E-state index contributed by atoms with van der Waals surface area (Å²) in [5.74, 6) is 0.999. The maximum Gasteiger partial charge on any atom is 0.130 e. The van der Waals surface area contributed by atoms with Crippen LogP contribution in [-0.2, 0) is 13.1 Å². The summed E-state index contributed by atoms with van der Waals surface area (Å²) in [6.07, 6.45) is 4.51. The van der Waals surface area contributed by atoms with Crippen molar-refractivity contribution in [3.63, 3.8) is 0 Å². The fourth-order valence-corrected chi connectivity index (χ4v) is 3.04. The molecule has 0 spiro atoms. The van der Waals surface area contributed by atoms with Gasteiger partial charge in [-0.25, -0.2) is 4.98 Å². The molecule has 100 valence electrons. The maximum absolute atomic E-state index is 4.39. The molecule has 4 heteroatoms. The van der Waals surface area contributed by atoms with E-state index in [9.17, 15) is 0 Å². The van der Waals surface area contributed by atoms with Crippen LogP contribution in [0.25, 0.3) is 0 Å². The average Bonchev–Trinajstić information content (AvgIpc) is 3.17. The highest BCUT2D eigenvalue weighted by atomic mass is 32.1. The standard InChI is InChI=1S/C15H19N3S/c1-16-15-13(3-2-7-17-15)10-18(14-4-5-14)9-12-6-8-19-11-12/h2-3,6-8,11,14H,4-5,9-10H2,1H3,(H,16,17). The van der Waals surface area contributed by atoms with E-state index in [-0.39, 0.29) is 0 Å². The van der Waals surface area contributed by atoms with Crippen LogP contribution >= 0.6 is 11.3 Å². The zero-order valence-corrected chi connectivity index (χ0v) is 12.0. The first kappa shape index (κ1) is 12.6. The van der Waals surface area contributed by atoms with E-state index >= 15 is 0 Å². The highest BCUT2D eigenvalue weighted by Gasteiger charge is 2.29. The molecule has 3 nitrogen and oxygen atoms in total. The van der Waals surface area contributed by atoms with Crippen LogP contribution in [0.5, 0.6) is 0 Å². The minimum atomic E-state index is 0.754. The van der Waals surface area contributed by atoms with Gasteiger partial charge in [0.1, 0.15) is 5.82 Å². The number of nitrogens with one attached hydrogen (secondary N) is 1. The normalized spacial score (nSPS) is 14.8. The van der Waals surface area contributed by atoms with E-state index < -0.39 is 0 Å². The molecule has 2 aromatic heterocycles. The number of nitrogens with zero attached hydrogens (tertiary/aromatic N) is 2. The third-order valence-corrected chi connectivity index (χ3v) is 4.26. The van der Waals surface area contributed by atoms with Crippen LogP contribution in [0.3, 0.4) is 0 Å². The second-order valence-corrected chi connectivity index (χ2v) is 5.81. The monoisotopic (exact) mass is 273 g/mol. The SMILES string of the molecule is CNc1ncccc1CN(Cc1ccsc1)C1CC1. The average molecular weight is 273 g/mol. The van der Waals surface area contributed by atoms with Gasteiger partial charge in [-0.3, -0.25) is 4.90 Å². The van der Waals surface area contributed by atoms with Crippen LogP contribution in [0.1, 0.15) is 24.0 Å². The summed E-state index contributed by atoms with van der Waals surface area (Å²) in [5.41, 5.74) is 2.71. The molecule has 0 bridgehead atoms. The first-order valence-electron chi connectivity index (χ1n) is 6.73. The van der Waals surface area contributed by atoms with Gasteiger partial charge >= 0.3 is 0 Å². The molecule has 0 unspecified atom stereocenters. The highest BCUT2D eigenvalue weighted by molar-refractivity contribution is 7.07. The topological polar surface area (TPSA) is 28.2 Å². The molecule has 1 aliphatic carbocycles. The van der Waals surface area contributed by atoms with Gasteiger partial charge in [-0.2, -0.15) is 11.3 Å². The van der Waals surface area contributed by atoms with Crippen molar-refractivity contribution in [1.29, 1.82) is 0 Å². The number of aromatic nitrogens is 1. The summed E-state index contributed by atoms with van der Waals surface area (Å²) in [6.45, 7) is 2.02. The number of hydrogen-bond donors (Lipinski definition) is 1. The van der Waals surface area contributed by atoms with Crippen LogP contribution in [0.4, 0.5) is 5.82 Å². The zero-order chi connectivity index (χ0) is 13.1. The van der Waals surface area contributed by atoms with Gasteiger partial charge in [0, 0.05) is 37.9 Å². The van der Waals surface area contributed by atoms with E-state index in [1.165, 1.54) is 24.0 Å². The molecule has 0 atom stereocenters. The van der Waals surface area contributed by atoms with Gasteiger partial charge in [-0.05, 0) is 41.3 Å². The predicted octanol–water partition coefficient (Wildman–Crippen LogP) is 3.35. The summed E-state index contributed by atoms with van der Waals surface area (Å²) in [6, 6.07) is 7.17. The third kappa shape index (κ3) is 3.14. The largest absolute Gasteiger partial charge is 0.373 e. The van der Waals surface area contributed by atoms with E-state index in [0.29, 0.717) is 0 Å². The van der Waals surface area contributed by atoms with E-state index in [1.807, 2.05) is 19.3 Å². The van der Waals surface area contributed by atoms with E-state index in [0.717, 1.165) is 24.9 Å². The van der Waals surface area contributed by atoms with Crippen LogP contribution < -0.4 is 5.32 Å². The minimum absolute atomic E-state index is 0.754. The molecule has 19 heavy (non-hydrogen) atoms. The van der Waals surface area contributed by atoms with Crippen molar-refractivity contribution in [2.45, 2.75) is 32.0 Å². The van der Waals surface area contributed by atoms with Gasteiger partial charge in [-0.15, -0.1) is 0 Å². The Morgan fingerprint density at radius 3 is 2.95 bits per heavy atom. The smallest absolute Gasteiger partial charge is 0.130 e. The van der Waals surface area contributed by atoms with Crippen molar-refractivity contribution in [1.82, 2.24) is 9.88 Å². The number of pyridine rings is 1. The third-order valence-electron chi connectivity index (χ3n) is 3.53. The number of hydrogen-bond acceptors (Lipinski definition) is 4. The quantitative estimate of drug-likeness (QED) is 0.875. The lowest BCUT2D eigenvalue weighted by atomic mass is 10.2. The van der Waals surface area contributed by atoms with Crippen molar-refractivity contribution in [3.8, 4) is 0 Å².